The zero-order valence-corrected chi connectivity index (χ0v) is 20.0. The molecule has 2 N–H and O–H groups in total. The molecule has 0 saturated heterocycles. The van der Waals surface area contributed by atoms with Gasteiger partial charge in [0.1, 0.15) is 5.75 Å². The topological polar surface area (TPSA) is 62.7 Å². The van der Waals surface area contributed by atoms with Crippen LogP contribution in [0.15, 0.2) is 29.3 Å². The molecule has 1 aromatic rings. The Hall–Kier alpha value is -0.830. The van der Waals surface area contributed by atoms with Crippen LogP contribution >= 0.6 is 24.0 Å². The Balaban J connectivity index is 0.00000364. The van der Waals surface area contributed by atoms with Gasteiger partial charge >= 0.3 is 0 Å². The number of nitrogens with one attached hydrogen (secondary N) is 2. The van der Waals surface area contributed by atoms with Crippen molar-refractivity contribution in [3.8, 4) is 5.75 Å². The first-order valence-corrected chi connectivity index (χ1v) is 10.9. The second-order valence-corrected chi connectivity index (χ2v) is 8.90. The fourth-order valence-corrected chi connectivity index (χ4v) is 4.92. The summed E-state index contributed by atoms with van der Waals surface area (Å²) in [4.78, 5) is 4.37. The molecule has 4 atom stereocenters. The first-order chi connectivity index (χ1) is 12.6. The number of methoxy groups -OCH3 is 1. The lowest BCUT2D eigenvalue weighted by Crippen LogP contribution is -2.47. The fraction of sp³-hybridized carbons (Fsp3) is 0.650. The van der Waals surface area contributed by atoms with Crippen molar-refractivity contribution in [3.63, 3.8) is 0 Å². The SMILES string of the molecule is CCS(=O)C1CCCC(NC(=NC)NCC(C)c2ccccc2OC)C1.I. The monoisotopic (exact) mass is 507 g/mol. The average Bonchev–Trinajstić information content (AvgIpc) is 2.70. The molecule has 1 aliphatic carbocycles. The molecule has 2 rings (SSSR count). The number of halogens is 1. The van der Waals surface area contributed by atoms with E-state index in [-0.39, 0.29) is 24.0 Å². The van der Waals surface area contributed by atoms with Crippen LogP contribution in [0.25, 0.3) is 0 Å². The van der Waals surface area contributed by atoms with Crippen molar-refractivity contribution in [2.45, 2.75) is 56.7 Å². The third kappa shape index (κ3) is 7.25. The maximum atomic E-state index is 12.1. The highest BCUT2D eigenvalue weighted by Crippen LogP contribution is 2.26. The highest BCUT2D eigenvalue weighted by atomic mass is 127. The lowest BCUT2D eigenvalue weighted by molar-refractivity contribution is 0.405. The van der Waals surface area contributed by atoms with Gasteiger partial charge in [-0.25, -0.2) is 0 Å². The summed E-state index contributed by atoms with van der Waals surface area (Å²) < 4.78 is 17.6. The molecule has 0 aromatic heterocycles. The highest BCUT2D eigenvalue weighted by molar-refractivity contribution is 14.0. The Bertz CT molecular complexity index is 627. The predicted molar refractivity (Wildman–Crippen MR) is 126 cm³/mol. The lowest BCUT2D eigenvalue weighted by atomic mass is 9.95. The van der Waals surface area contributed by atoms with Gasteiger partial charge in [0, 0.05) is 47.4 Å². The third-order valence-electron chi connectivity index (χ3n) is 5.09. The summed E-state index contributed by atoms with van der Waals surface area (Å²) in [5.74, 6) is 2.79. The first kappa shape index (κ1) is 24.2. The lowest BCUT2D eigenvalue weighted by Gasteiger charge is -2.30. The van der Waals surface area contributed by atoms with Crippen molar-refractivity contribution in [2.24, 2.45) is 4.99 Å². The Morgan fingerprint density at radius 2 is 2.11 bits per heavy atom. The van der Waals surface area contributed by atoms with Crippen molar-refractivity contribution in [1.82, 2.24) is 10.6 Å². The number of nitrogens with zero attached hydrogens (tertiary/aromatic N) is 1. The van der Waals surface area contributed by atoms with Gasteiger partial charge in [-0.15, -0.1) is 24.0 Å². The van der Waals surface area contributed by atoms with Gasteiger partial charge in [-0.2, -0.15) is 0 Å². The standard InChI is InChI=1S/C20H33N3O2S.HI/c1-5-26(24)17-10-8-9-16(13-17)23-20(21-3)22-14-15(2)18-11-6-7-12-19(18)25-4;/h6-7,11-12,15-17H,5,8-10,13-14H2,1-4H3,(H2,21,22,23);1H. The Morgan fingerprint density at radius 1 is 1.37 bits per heavy atom. The van der Waals surface area contributed by atoms with Crippen LogP contribution < -0.4 is 15.4 Å². The molecule has 0 aliphatic heterocycles. The van der Waals surface area contributed by atoms with E-state index < -0.39 is 10.8 Å². The molecule has 0 heterocycles. The minimum absolute atomic E-state index is 0. The molecule has 1 aliphatic rings. The predicted octanol–water partition coefficient (Wildman–Crippen LogP) is 3.66. The third-order valence-corrected chi connectivity index (χ3v) is 6.83. The summed E-state index contributed by atoms with van der Waals surface area (Å²) >= 11 is 0. The second kappa shape index (κ2) is 12.6. The van der Waals surface area contributed by atoms with Gasteiger partial charge in [-0.3, -0.25) is 9.20 Å². The molecule has 1 aromatic carbocycles. The summed E-state index contributed by atoms with van der Waals surface area (Å²) in [6, 6.07) is 8.47. The van der Waals surface area contributed by atoms with E-state index in [0.29, 0.717) is 17.2 Å². The number of rotatable bonds is 7. The Kier molecular flexibility index (Phi) is 11.3. The van der Waals surface area contributed by atoms with E-state index in [1.54, 1.807) is 14.2 Å². The molecule has 0 amide bonds. The van der Waals surface area contributed by atoms with Gasteiger partial charge in [-0.05, 0) is 30.9 Å². The van der Waals surface area contributed by atoms with E-state index in [2.05, 4.69) is 28.6 Å². The number of para-hydroxylation sites is 1. The number of ether oxygens (including phenoxy) is 1. The van der Waals surface area contributed by atoms with Gasteiger partial charge in [0.15, 0.2) is 5.96 Å². The van der Waals surface area contributed by atoms with Crippen LogP contribution in [0.2, 0.25) is 0 Å². The van der Waals surface area contributed by atoms with Crippen LogP contribution in [-0.2, 0) is 10.8 Å². The summed E-state index contributed by atoms with van der Waals surface area (Å²) in [7, 11) is 2.80. The molecule has 1 fully saturated rings. The Labute approximate surface area is 183 Å². The molecular weight excluding hydrogens is 473 g/mol. The summed E-state index contributed by atoms with van der Waals surface area (Å²) in [6.07, 6.45) is 4.28. The smallest absolute Gasteiger partial charge is 0.191 e. The number of aliphatic imine (C=N–C) groups is 1. The average molecular weight is 507 g/mol. The molecule has 27 heavy (non-hydrogen) atoms. The highest BCUT2D eigenvalue weighted by Gasteiger charge is 2.26. The van der Waals surface area contributed by atoms with Crippen LogP contribution in [0.4, 0.5) is 0 Å². The maximum Gasteiger partial charge on any atom is 0.191 e. The zero-order chi connectivity index (χ0) is 18.9. The number of hydrogen-bond donors (Lipinski definition) is 2. The summed E-state index contributed by atoms with van der Waals surface area (Å²) in [5, 5.41) is 7.27. The molecule has 7 heteroatoms. The number of guanidine groups is 1. The second-order valence-electron chi connectivity index (χ2n) is 6.90. The van der Waals surface area contributed by atoms with Gasteiger partial charge in [-0.1, -0.05) is 38.5 Å². The van der Waals surface area contributed by atoms with Crippen molar-refractivity contribution < 1.29 is 8.95 Å². The van der Waals surface area contributed by atoms with E-state index >= 15 is 0 Å². The van der Waals surface area contributed by atoms with Crippen LogP contribution in [-0.4, -0.2) is 47.9 Å². The quantitative estimate of drug-likeness (QED) is 0.336. The molecular formula is C20H34IN3O2S. The molecule has 154 valence electrons. The fourth-order valence-electron chi connectivity index (χ4n) is 3.57. The van der Waals surface area contributed by atoms with Crippen LogP contribution in [0.5, 0.6) is 5.75 Å². The van der Waals surface area contributed by atoms with Gasteiger partial charge in [0.25, 0.3) is 0 Å². The molecule has 0 radical (unpaired) electrons. The number of hydrogen-bond acceptors (Lipinski definition) is 3. The van der Waals surface area contributed by atoms with E-state index in [1.807, 2.05) is 25.1 Å². The number of benzene rings is 1. The zero-order valence-electron chi connectivity index (χ0n) is 16.9. The molecule has 0 spiro atoms. The van der Waals surface area contributed by atoms with Gasteiger partial charge in [0.2, 0.25) is 0 Å². The van der Waals surface area contributed by atoms with Gasteiger partial charge in [0.05, 0.1) is 7.11 Å². The van der Waals surface area contributed by atoms with Crippen LogP contribution in [0.1, 0.15) is 51.0 Å². The van der Waals surface area contributed by atoms with Crippen molar-refractivity contribution >= 4 is 40.7 Å². The first-order valence-electron chi connectivity index (χ1n) is 9.56. The van der Waals surface area contributed by atoms with E-state index in [1.165, 1.54) is 5.56 Å². The van der Waals surface area contributed by atoms with Gasteiger partial charge < -0.3 is 15.4 Å². The van der Waals surface area contributed by atoms with Crippen molar-refractivity contribution in [3.05, 3.63) is 29.8 Å². The molecule has 5 nitrogen and oxygen atoms in total. The van der Waals surface area contributed by atoms with E-state index in [0.717, 1.165) is 49.7 Å². The van der Waals surface area contributed by atoms with E-state index in [9.17, 15) is 4.21 Å². The maximum absolute atomic E-state index is 12.1. The molecule has 1 saturated carbocycles. The molecule has 0 bridgehead atoms. The minimum Gasteiger partial charge on any atom is -0.496 e. The molecule has 4 unspecified atom stereocenters. The van der Waals surface area contributed by atoms with Crippen molar-refractivity contribution in [2.75, 3.05) is 26.5 Å². The van der Waals surface area contributed by atoms with E-state index in [4.69, 9.17) is 4.74 Å². The largest absolute Gasteiger partial charge is 0.496 e. The Morgan fingerprint density at radius 3 is 2.78 bits per heavy atom. The normalized spacial score (nSPS) is 22.3. The van der Waals surface area contributed by atoms with Crippen LogP contribution in [0, 0.1) is 0 Å². The van der Waals surface area contributed by atoms with Crippen LogP contribution in [0.3, 0.4) is 0 Å². The summed E-state index contributed by atoms with van der Waals surface area (Å²) in [6.45, 7) is 4.96. The summed E-state index contributed by atoms with van der Waals surface area (Å²) in [5.41, 5.74) is 1.19. The van der Waals surface area contributed by atoms with Crippen molar-refractivity contribution in [1.29, 1.82) is 0 Å². The minimum atomic E-state index is -0.705.